The molecule has 0 amide bonds. The van der Waals surface area contributed by atoms with Crippen molar-refractivity contribution >= 4 is 23.7 Å². The molecule has 2 aromatic rings. The van der Waals surface area contributed by atoms with E-state index in [9.17, 15) is 9.59 Å². The molecule has 1 N–H and O–H groups in total. The predicted octanol–water partition coefficient (Wildman–Crippen LogP) is 4.31. The summed E-state index contributed by atoms with van der Waals surface area (Å²) >= 11 is 1.69. The lowest BCUT2D eigenvalue weighted by atomic mass is 9.81. The van der Waals surface area contributed by atoms with Crippen molar-refractivity contribution in [2.45, 2.75) is 30.4 Å². The molecule has 30 heavy (non-hydrogen) atoms. The van der Waals surface area contributed by atoms with Gasteiger partial charge in [-0.1, -0.05) is 48.5 Å². The van der Waals surface area contributed by atoms with Crippen LogP contribution < -0.4 is 5.32 Å². The number of carbonyl (C=O) groups is 2. The van der Waals surface area contributed by atoms with Crippen molar-refractivity contribution < 1.29 is 19.1 Å². The highest BCUT2D eigenvalue weighted by Crippen LogP contribution is 2.44. The number of carbonyl (C=O) groups excluding carboxylic acids is 2. The van der Waals surface area contributed by atoms with Gasteiger partial charge in [-0.2, -0.15) is 0 Å². The lowest BCUT2D eigenvalue weighted by Crippen LogP contribution is -2.30. The van der Waals surface area contributed by atoms with Crippen LogP contribution in [0.4, 0.5) is 0 Å². The normalized spacial score (nSPS) is 18.1. The smallest absolute Gasteiger partial charge is 0.337 e. The minimum Gasteiger partial charge on any atom is -0.463 e. The number of hydrogen-bond acceptors (Lipinski definition) is 6. The molecule has 0 aliphatic carbocycles. The van der Waals surface area contributed by atoms with Crippen molar-refractivity contribution in [2.75, 3.05) is 13.2 Å². The zero-order valence-corrected chi connectivity index (χ0v) is 17.8. The number of nitrogens with one attached hydrogen (secondary N) is 1. The summed E-state index contributed by atoms with van der Waals surface area (Å²) in [5.74, 6) is -0.535. The number of rotatable bonds is 6. The Labute approximate surface area is 180 Å². The molecule has 0 saturated carbocycles. The van der Waals surface area contributed by atoms with Crippen LogP contribution in [0.15, 0.2) is 82.0 Å². The van der Waals surface area contributed by atoms with E-state index in [1.165, 1.54) is 5.56 Å². The fourth-order valence-electron chi connectivity index (χ4n) is 3.84. The zero-order chi connectivity index (χ0) is 21.1. The largest absolute Gasteiger partial charge is 0.463 e. The van der Waals surface area contributed by atoms with E-state index in [0.29, 0.717) is 16.8 Å². The Morgan fingerprint density at radius 1 is 1.17 bits per heavy atom. The number of thioether (sulfide) groups is 1. The predicted molar refractivity (Wildman–Crippen MR) is 116 cm³/mol. The summed E-state index contributed by atoms with van der Waals surface area (Å²) < 4.78 is 10.6. The maximum absolute atomic E-state index is 12.9. The van der Waals surface area contributed by atoms with Gasteiger partial charge < -0.3 is 14.8 Å². The van der Waals surface area contributed by atoms with Gasteiger partial charge in [0.1, 0.15) is 6.61 Å². The van der Waals surface area contributed by atoms with E-state index in [2.05, 4.69) is 17.4 Å². The van der Waals surface area contributed by atoms with Crippen molar-refractivity contribution in [2.24, 2.45) is 0 Å². The van der Waals surface area contributed by atoms with E-state index < -0.39 is 11.9 Å². The van der Waals surface area contributed by atoms with Crippen molar-refractivity contribution in [1.29, 1.82) is 0 Å². The molecule has 0 aromatic heterocycles. The van der Waals surface area contributed by atoms with E-state index in [-0.39, 0.29) is 19.2 Å². The first kappa shape index (κ1) is 20.3. The Morgan fingerprint density at radius 3 is 2.67 bits per heavy atom. The molecule has 1 atom stereocenters. The molecule has 2 aliphatic heterocycles. The standard InChI is InChI=1S/C24H23NO4S/c1-3-28-23(26)20-15(2)25-18-13-29-24(27)22(18)21(20)17-11-7-8-12-19(17)30-14-16-9-5-4-6-10-16/h4-12,21,25H,3,13-14H2,1-2H3/t21-/m0/s1. The number of dihydropyridines is 1. The molecule has 6 heteroatoms. The highest BCUT2D eigenvalue weighted by atomic mass is 32.2. The highest BCUT2D eigenvalue weighted by molar-refractivity contribution is 7.98. The summed E-state index contributed by atoms with van der Waals surface area (Å²) in [5, 5.41) is 3.18. The maximum Gasteiger partial charge on any atom is 0.337 e. The summed E-state index contributed by atoms with van der Waals surface area (Å²) in [6, 6.07) is 18.1. The van der Waals surface area contributed by atoms with E-state index >= 15 is 0 Å². The Bertz CT molecular complexity index is 1040. The molecule has 2 aromatic carbocycles. The first-order valence-electron chi connectivity index (χ1n) is 9.90. The Balaban J connectivity index is 1.76. The molecular formula is C24H23NO4S. The summed E-state index contributed by atoms with van der Waals surface area (Å²) in [6.07, 6.45) is 0. The topological polar surface area (TPSA) is 64.6 Å². The lowest BCUT2D eigenvalue weighted by Gasteiger charge is -2.28. The second kappa shape index (κ2) is 8.79. The monoisotopic (exact) mass is 421 g/mol. The van der Waals surface area contributed by atoms with Crippen LogP contribution in [0, 0.1) is 0 Å². The molecule has 0 unspecified atom stereocenters. The Kier molecular flexibility index (Phi) is 5.95. The van der Waals surface area contributed by atoms with Crippen LogP contribution in [-0.2, 0) is 24.8 Å². The van der Waals surface area contributed by atoms with Gasteiger partial charge in [0.25, 0.3) is 0 Å². The van der Waals surface area contributed by atoms with Gasteiger partial charge in [0, 0.05) is 16.3 Å². The number of ether oxygens (including phenoxy) is 2. The average Bonchev–Trinajstić information content (AvgIpc) is 3.12. The molecule has 0 saturated heterocycles. The third-order valence-corrected chi connectivity index (χ3v) is 6.34. The lowest BCUT2D eigenvalue weighted by molar-refractivity contribution is -0.138. The van der Waals surface area contributed by atoms with Gasteiger partial charge in [-0.05, 0) is 31.0 Å². The second-order valence-electron chi connectivity index (χ2n) is 7.10. The van der Waals surface area contributed by atoms with E-state index in [1.807, 2.05) is 49.4 Å². The van der Waals surface area contributed by atoms with Crippen LogP contribution in [0.25, 0.3) is 0 Å². The molecule has 0 spiro atoms. The molecule has 5 nitrogen and oxygen atoms in total. The number of cyclic esters (lactones) is 1. The number of benzene rings is 2. The van der Waals surface area contributed by atoms with Crippen LogP contribution in [0.3, 0.4) is 0 Å². The fourth-order valence-corrected chi connectivity index (χ4v) is 4.88. The second-order valence-corrected chi connectivity index (χ2v) is 8.11. The third kappa shape index (κ3) is 3.87. The van der Waals surface area contributed by atoms with Crippen molar-refractivity contribution in [3.8, 4) is 0 Å². The van der Waals surface area contributed by atoms with Gasteiger partial charge >= 0.3 is 11.9 Å². The number of hydrogen-bond donors (Lipinski definition) is 1. The quantitative estimate of drug-likeness (QED) is 0.554. The summed E-state index contributed by atoms with van der Waals surface area (Å²) in [7, 11) is 0. The van der Waals surface area contributed by atoms with Crippen LogP contribution in [0.2, 0.25) is 0 Å². The van der Waals surface area contributed by atoms with Gasteiger partial charge in [0.15, 0.2) is 0 Å². The minimum atomic E-state index is -0.519. The van der Waals surface area contributed by atoms with Gasteiger partial charge in [-0.15, -0.1) is 11.8 Å². The molecular weight excluding hydrogens is 398 g/mol. The van der Waals surface area contributed by atoms with E-state index in [1.54, 1.807) is 18.7 Å². The Morgan fingerprint density at radius 2 is 1.90 bits per heavy atom. The molecule has 0 fully saturated rings. The highest BCUT2D eigenvalue weighted by Gasteiger charge is 2.42. The summed E-state index contributed by atoms with van der Waals surface area (Å²) in [5.41, 5.74) is 4.49. The van der Waals surface area contributed by atoms with Crippen LogP contribution in [0.5, 0.6) is 0 Å². The van der Waals surface area contributed by atoms with E-state index in [4.69, 9.17) is 9.47 Å². The van der Waals surface area contributed by atoms with Gasteiger partial charge in [-0.3, -0.25) is 0 Å². The summed E-state index contributed by atoms with van der Waals surface area (Å²) in [6.45, 7) is 4.07. The van der Waals surface area contributed by atoms with Crippen LogP contribution in [0.1, 0.15) is 30.9 Å². The van der Waals surface area contributed by atoms with Crippen molar-refractivity contribution in [1.82, 2.24) is 5.32 Å². The van der Waals surface area contributed by atoms with Crippen molar-refractivity contribution in [3.05, 3.63) is 88.3 Å². The van der Waals surface area contributed by atoms with Crippen molar-refractivity contribution in [3.63, 3.8) is 0 Å². The van der Waals surface area contributed by atoms with Crippen LogP contribution >= 0.6 is 11.8 Å². The SMILES string of the molecule is CCOC(=O)C1=C(C)NC2=C(C(=O)OC2)[C@H]1c1ccccc1SCc1ccccc1. The maximum atomic E-state index is 12.9. The minimum absolute atomic E-state index is 0.192. The molecule has 4 rings (SSSR count). The molecule has 0 radical (unpaired) electrons. The number of allylic oxidation sites excluding steroid dienone is 1. The zero-order valence-electron chi connectivity index (χ0n) is 16.9. The fraction of sp³-hybridized carbons (Fsp3) is 0.250. The van der Waals surface area contributed by atoms with E-state index in [0.717, 1.165) is 21.9 Å². The van der Waals surface area contributed by atoms with Crippen LogP contribution in [-0.4, -0.2) is 25.2 Å². The Hall–Kier alpha value is -2.99. The third-order valence-electron chi connectivity index (χ3n) is 5.17. The first-order chi connectivity index (χ1) is 14.6. The van der Waals surface area contributed by atoms with Gasteiger partial charge in [-0.25, -0.2) is 9.59 Å². The summed E-state index contributed by atoms with van der Waals surface area (Å²) in [4.78, 5) is 26.5. The average molecular weight is 422 g/mol. The molecule has 2 aliphatic rings. The van der Waals surface area contributed by atoms with Gasteiger partial charge in [0.05, 0.1) is 29.4 Å². The number of esters is 2. The molecule has 154 valence electrons. The first-order valence-corrected chi connectivity index (χ1v) is 10.9. The molecule has 2 heterocycles. The molecule has 0 bridgehead atoms. The van der Waals surface area contributed by atoms with Gasteiger partial charge in [0.2, 0.25) is 0 Å².